The van der Waals surface area contributed by atoms with Gasteiger partial charge in [-0.2, -0.15) is 4.31 Å². The van der Waals surface area contributed by atoms with Gasteiger partial charge in [-0.05, 0) is 37.5 Å². The van der Waals surface area contributed by atoms with Gasteiger partial charge in [-0.1, -0.05) is 20.8 Å². The first kappa shape index (κ1) is 24.1. The van der Waals surface area contributed by atoms with Crippen LogP contribution in [-0.4, -0.2) is 68.8 Å². The fourth-order valence-electron chi connectivity index (χ4n) is 3.70. The smallest absolute Gasteiger partial charge is 0.253 e. The van der Waals surface area contributed by atoms with Crippen molar-refractivity contribution < 1.29 is 22.7 Å². The van der Waals surface area contributed by atoms with Crippen molar-refractivity contribution in [2.45, 2.75) is 57.4 Å². The standard InChI is InChI=1S/C21H33N3O5S/c1-5-9-20(25)22-17-10-8-13-23(15-17)21(26)16-11-12-18(29-4)19(14-16)30(27,28)24(6-2)7-3/h11-12,14,17H,5-10,13,15H2,1-4H3,(H,22,25). The molecule has 168 valence electrons. The molecule has 0 bridgehead atoms. The number of benzene rings is 1. The lowest BCUT2D eigenvalue weighted by atomic mass is 10.0. The van der Waals surface area contributed by atoms with Gasteiger partial charge in [0.2, 0.25) is 15.9 Å². The molecule has 2 rings (SSSR count). The highest BCUT2D eigenvalue weighted by molar-refractivity contribution is 7.89. The number of likely N-dealkylation sites (tertiary alicyclic amines) is 1. The number of amides is 2. The van der Waals surface area contributed by atoms with E-state index in [1.807, 2.05) is 6.92 Å². The maximum atomic E-state index is 13.1. The predicted octanol–water partition coefficient (Wildman–Crippen LogP) is 2.25. The molecule has 0 spiro atoms. The highest BCUT2D eigenvalue weighted by atomic mass is 32.2. The topological polar surface area (TPSA) is 96.0 Å². The Balaban J connectivity index is 2.27. The average Bonchev–Trinajstić information content (AvgIpc) is 2.73. The van der Waals surface area contributed by atoms with Gasteiger partial charge in [-0.25, -0.2) is 8.42 Å². The monoisotopic (exact) mass is 439 g/mol. The zero-order valence-electron chi connectivity index (χ0n) is 18.3. The number of sulfonamides is 1. The van der Waals surface area contributed by atoms with Crippen LogP contribution in [0.4, 0.5) is 0 Å². The molecule has 0 saturated carbocycles. The van der Waals surface area contributed by atoms with Crippen molar-refractivity contribution in [2.75, 3.05) is 33.3 Å². The number of methoxy groups -OCH3 is 1. The minimum absolute atomic E-state index is 0.00570. The lowest BCUT2D eigenvalue weighted by molar-refractivity contribution is -0.122. The third kappa shape index (κ3) is 5.51. The van der Waals surface area contributed by atoms with E-state index in [9.17, 15) is 18.0 Å². The van der Waals surface area contributed by atoms with Gasteiger partial charge in [0.15, 0.2) is 0 Å². The number of carbonyl (C=O) groups is 2. The van der Waals surface area contributed by atoms with Crippen LogP contribution in [0.1, 0.15) is 56.8 Å². The molecule has 8 nitrogen and oxygen atoms in total. The van der Waals surface area contributed by atoms with E-state index in [1.165, 1.54) is 23.5 Å². The summed E-state index contributed by atoms with van der Waals surface area (Å²) in [5.41, 5.74) is 0.294. The summed E-state index contributed by atoms with van der Waals surface area (Å²) in [6.07, 6.45) is 2.85. The molecule has 1 aromatic carbocycles. The summed E-state index contributed by atoms with van der Waals surface area (Å²) >= 11 is 0. The maximum absolute atomic E-state index is 13.1. The van der Waals surface area contributed by atoms with Crippen molar-refractivity contribution in [2.24, 2.45) is 0 Å². The Bertz CT molecular complexity index is 852. The van der Waals surface area contributed by atoms with Crippen LogP contribution in [0.15, 0.2) is 23.1 Å². The molecule has 1 heterocycles. The van der Waals surface area contributed by atoms with E-state index in [0.717, 1.165) is 19.3 Å². The summed E-state index contributed by atoms with van der Waals surface area (Å²) in [4.78, 5) is 26.7. The van der Waals surface area contributed by atoms with Crippen LogP contribution >= 0.6 is 0 Å². The second-order valence-electron chi connectivity index (χ2n) is 7.36. The zero-order valence-corrected chi connectivity index (χ0v) is 19.1. The Hall–Kier alpha value is -2.13. The predicted molar refractivity (Wildman–Crippen MR) is 115 cm³/mol. The highest BCUT2D eigenvalue weighted by Gasteiger charge is 2.29. The van der Waals surface area contributed by atoms with E-state index in [4.69, 9.17) is 4.74 Å². The fraction of sp³-hybridized carbons (Fsp3) is 0.619. The first-order chi connectivity index (χ1) is 14.3. The third-order valence-electron chi connectivity index (χ3n) is 5.28. The molecule has 0 aromatic heterocycles. The molecule has 0 radical (unpaired) electrons. The third-order valence-corrected chi connectivity index (χ3v) is 7.36. The van der Waals surface area contributed by atoms with E-state index in [0.29, 0.717) is 38.2 Å². The van der Waals surface area contributed by atoms with E-state index < -0.39 is 10.0 Å². The van der Waals surface area contributed by atoms with Crippen molar-refractivity contribution in [3.8, 4) is 5.75 Å². The second-order valence-corrected chi connectivity index (χ2v) is 9.27. The number of piperidine rings is 1. The molecule has 1 N–H and O–H groups in total. The number of nitrogens with zero attached hydrogens (tertiary/aromatic N) is 2. The summed E-state index contributed by atoms with van der Waals surface area (Å²) in [6.45, 7) is 7.12. The minimum Gasteiger partial charge on any atom is -0.495 e. The van der Waals surface area contributed by atoms with Crippen molar-refractivity contribution in [1.82, 2.24) is 14.5 Å². The number of ether oxygens (including phenoxy) is 1. The summed E-state index contributed by atoms with van der Waals surface area (Å²) < 4.78 is 32.7. The zero-order chi connectivity index (χ0) is 22.3. The van der Waals surface area contributed by atoms with E-state index >= 15 is 0 Å². The van der Waals surface area contributed by atoms with Gasteiger partial charge < -0.3 is 15.0 Å². The Kier molecular flexibility index (Phi) is 8.66. The van der Waals surface area contributed by atoms with Gasteiger partial charge in [-0.3, -0.25) is 9.59 Å². The van der Waals surface area contributed by atoms with Gasteiger partial charge in [0.25, 0.3) is 5.91 Å². The lowest BCUT2D eigenvalue weighted by Gasteiger charge is -2.33. The molecule has 30 heavy (non-hydrogen) atoms. The first-order valence-corrected chi connectivity index (χ1v) is 12.0. The number of nitrogens with one attached hydrogen (secondary N) is 1. The van der Waals surface area contributed by atoms with Gasteiger partial charge in [0.05, 0.1) is 7.11 Å². The Labute approximate surface area is 179 Å². The van der Waals surface area contributed by atoms with Gasteiger partial charge in [0, 0.05) is 44.2 Å². The van der Waals surface area contributed by atoms with Crippen molar-refractivity contribution in [1.29, 1.82) is 0 Å². The first-order valence-electron chi connectivity index (χ1n) is 10.5. The summed E-state index contributed by atoms with van der Waals surface area (Å²) in [5, 5.41) is 2.98. The van der Waals surface area contributed by atoms with Crippen molar-refractivity contribution in [3.63, 3.8) is 0 Å². The van der Waals surface area contributed by atoms with Crippen LogP contribution in [0.3, 0.4) is 0 Å². The number of rotatable bonds is 9. The SMILES string of the molecule is CCCC(=O)NC1CCCN(C(=O)c2ccc(OC)c(S(=O)(=O)N(CC)CC)c2)C1. The number of hydrogen-bond donors (Lipinski definition) is 1. The van der Waals surface area contributed by atoms with Crippen LogP contribution in [0.5, 0.6) is 5.75 Å². The van der Waals surface area contributed by atoms with Crippen LogP contribution in [0, 0.1) is 0 Å². The molecule has 1 fully saturated rings. The second kappa shape index (κ2) is 10.8. The molecule has 1 aliphatic rings. The van der Waals surface area contributed by atoms with Gasteiger partial charge >= 0.3 is 0 Å². The molecular formula is C21H33N3O5S. The quantitative estimate of drug-likeness (QED) is 0.637. The maximum Gasteiger partial charge on any atom is 0.253 e. The molecule has 1 saturated heterocycles. The highest BCUT2D eigenvalue weighted by Crippen LogP contribution is 2.28. The molecule has 2 amide bonds. The van der Waals surface area contributed by atoms with Gasteiger partial charge in [0.1, 0.15) is 10.6 Å². The molecule has 9 heteroatoms. The van der Waals surface area contributed by atoms with Crippen molar-refractivity contribution >= 4 is 21.8 Å². The van der Waals surface area contributed by atoms with Crippen LogP contribution in [0.25, 0.3) is 0 Å². The minimum atomic E-state index is -3.78. The van der Waals surface area contributed by atoms with Crippen LogP contribution < -0.4 is 10.1 Å². The molecule has 1 unspecified atom stereocenters. The Morgan fingerprint density at radius 2 is 1.93 bits per heavy atom. The summed E-state index contributed by atoms with van der Waals surface area (Å²) in [5.74, 6) is -0.0428. The Morgan fingerprint density at radius 3 is 2.53 bits per heavy atom. The lowest BCUT2D eigenvalue weighted by Crippen LogP contribution is -2.49. The molecule has 0 aliphatic carbocycles. The van der Waals surface area contributed by atoms with Gasteiger partial charge in [-0.15, -0.1) is 0 Å². The normalized spacial score (nSPS) is 17.1. The molecule has 1 aromatic rings. The van der Waals surface area contributed by atoms with Crippen LogP contribution in [0.2, 0.25) is 0 Å². The summed E-state index contributed by atoms with van der Waals surface area (Å²) in [6, 6.07) is 4.42. The Morgan fingerprint density at radius 1 is 1.23 bits per heavy atom. The van der Waals surface area contributed by atoms with E-state index in [-0.39, 0.29) is 28.5 Å². The average molecular weight is 440 g/mol. The van der Waals surface area contributed by atoms with E-state index in [1.54, 1.807) is 24.8 Å². The number of hydrogen-bond acceptors (Lipinski definition) is 5. The van der Waals surface area contributed by atoms with Crippen molar-refractivity contribution in [3.05, 3.63) is 23.8 Å². The fourth-order valence-corrected chi connectivity index (χ4v) is 5.34. The molecule has 1 aliphatic heterocycles. The summed E-state index contributed by atoms with van der Waals surface area (Å²) in [7, 11) is -2.37. The van der Waals surface area contributed by atoms with Crippen LogP contribution in [-0.2, 0) is 14.8 Å². The van der Waals surface area contributed by atoms with E-state index in [2.05, 4.69) is 5.32 Å². The molecular weight excluding hydrogens is 406 g/mol. The molecule has 1 atom stereocenters. The number of carbonyl (C=O) groups excluding carboxylic acids is 2. The largest absolute Gasteiger partial charge is 0.495 e.